The van der Waals surface area contributed by atoms with Crippen molar-refractivity contribution in [3.63, 3.8) is 0 Å². The molecule has 0 aliphatic heterocycles. The number of hydrogen-bond acceptors (Lipinski definition) is 3. The fourth-order valence-electron chi connectivity index (χ4n) is 1.19. The van der Waals surface area contributed by atoms with Gasteiger partial charge in [0.25, 0.3) is 5.91 Å². The first-order valence-electron chi connectivity index (χ1n) is 4.79. The Hall–Kier alpha value is -1.62. The van der Waals surface area contributed by atoms with E-state index in [0.717, 1.165) is 6.42 Å². The van der Waals surface area contributed by atoms with Gasteiger partial charge >= 0.3 is 0 Å². The zero-order valence-electron chi connectivity index (χ0n) is 8.69. The van der Waals surface area contributed by atoms with Crippen LogP contribution in [0.2, 0.25) is 0 Å². The van der Waals surface area contributed by atoms with Crippen molar-refractivity contribution in [1.29, 1.82) is 0 Å². The standard InChI is InChI=1S/C10H15N3O2/c1-13(6-2-5-11)10(15)8-3-4-9(14)12-7-8/h3-4,7H,2,5-6,11H2,1H3,(H,12,14). The highest BCUT2D eigenvalue weighted by Crippen LogP contribution is 1.99. The average Bonchev–Trinajstić information content (AvgIpc) is 2.26. The molecular weight excluding hydrogens is 194 g/mol. The smallest absolute Gasteiger partial charge is 0.255 e. The average molecular weight is 209 g/mol. The topological polar surface area (TPSA) is 79.2 Å². The summed E-state index contributed by atoms with van der Waals surface area (Å²) in [4.78, 5) is 26.6. The van der Waals surface area contributed by atoms with Crippen LogP contribution in [0.4, 0.5) is 0 Å². The van der Waals surface area contributed by atoms with Crippen LogP contribution < -0.4 is 11.3 Å². The van der Waals surface area contributed by atoms with Crippen LogP contribution in [-0.2, 0) is 0 Å². The van der Waals surface area contributed by atoms with Crippen molar-refractivity contribution in [1.82, 2.24) is 9.88 Å². The highest BCUT2D eigenvalue weighted by molar-refractivity contribution is 5.93. The van der Waals surface area contributed by atoms with Crippen molar-refractivity contribution in [2.24, 2.45) is 5.73 Å². The van der Waals surface area contributed by atoms with E-state index >= 15 is 0 Å². The Labute approximate surface area is 87.9 Å². The Kier molecular flexibility index (Phi) is 4.05. The van der Waals surface area contributed by atoms with Crippen molar-refractivity contribution in [3.05, 3.63) is 34.2 Å². The maximum absolute atomic E-state index is 11.7. The summed E-state index contributed by atoms with van der Waals surface area (Å²) in [6, 6.07) is 2.85. The zero-order valence-corrected chi connectivity index (χ0v) is 8.69. The molecule has 0 spiro atoms. The SMILES string of the molecule is CN(CCCN)C(=O)c1ccc(=O)[nH]c1. The minimum Gasteiger partial charge on any atom is -0.342 e. The number of pyridine rings is 1. The van der Waals surface area contributed by atoms with Crippen molar-refractivity contribution in [2.75, 3.05) is 20.1 Å². The maximum atomic E-state index is 11.7. The number of carbonyl (C=O) groups excluding carboxylic acids is 1. The lowest BCUT2D eigenvalue weighted by Crippen LogP contribution is -2.29. The fraction of sp³-hybridized carbons (Fsp3) is 0.400. The predicted octanol–water partition coefficient (Wildman–Crippen LogP) is -0.204. The molecule has 3 N–H and O–H groups in total. The summed E-state index contributed by atoms with van der Waals surface area (Å²) in [6.45, 7) is 1.18. The van der Waals surface area contributed by atoms with Gasteiger partial charge in [0, 0.05) is 25.9 Å². The number of H-pyrrole nitrogens is 1. The van der Waals surface area contributed by atoms with Gasteiger partial charge in [-0.3, -0.25) is 9.59 Å². The molecule has 0 aliphatic carbocycles. The number of aromatic amines is 1. The van der Waals surface area contributed by atoms with Gasteiger partial charge in [0.2, 0.25) is 5.56 Å². The number of nitrogens with two attached hydrogens (primary N) is 1. The van der Waals surface area contributed by atoms with Crippen LogP contribution in [-0.4, -0.2) is 35.9 Å². The molecule has 1 aromatic heterocycles. The van der Waals surface area contributed by atoms with E-state index in [9.17, 15) is 9.59 Å². The molecule has 0 saturated carbocycles. The minimum atomic E-state index is -0.212. The van der Waals surface area contributed by atoms with Gasteiger partial charge in [-0.15, -0.1) is 0 Å². The Morgan fingerprint density at radius 2 is 2.27 bits per heavy atom. The van der Waals surface area contributed by atoms with Gasteiger partial charge in [0.1, 0.15) is 0 Å². The second-order valence-electron chi connectivity index (χ2n) is 3.31. The number of amides is 1. The first-order valence-corrected chi connectivity index (χ1v) is 4.79. The largest absolute Gasteiger partial charge is 0.342 e. The van der Waals surface area contributed by atoms with E-state index < -0.39 is 0 Å². The van der Waals surface area contributed by atoms with Gasteiger partial charge in [0.15, 0.2) is 0 Å². The summed E-state index contributed by atoms with van der Waals surface area (Å²) >= 11 is 0. The van der Waals surface area contributed by atoms with Crippen LogP contribution in [0.5, 0.6) is 0 Å². The number of nitrogens with zero attached hydrogens (tertiary/aromatic N) is 1. The summed E-state index contributed by atoms with van der Waals surface area (Å²) < 4.78 is 0. The van der Waals surface area contributed by atoms with E-state index in [4.69, 9.17) is 5.73 Å². The van der Waals surface area contributed by atoms with E-state index in [-0.39, 0.29) is 11.5 Å². The monoisotopic (exact) mass is 209 g/mol. The van der Waals surface area contributed by atoms with E-state index in [1.165, 1.54) is 18.3 Å². The summed E-state index contributed by atoms with van der Waals surface area (Å²) in [5.41, 5.74) is 5.62. The van der Waals surface area contributed by atoms with Gasteiger partial charge in [-0.2, -0.15) is 0 Å². The quantitative estimate of drug-likeness (QED) is 0.720. The normalized spacial score (nSPS) is 10.0. The molecule has 1 aromatic rings. The van der Waals surface area contributed by atoms with Crippen LogP contribution in [0.1, 0.15) is 16.8 Å². The highest BCUT2D eigenvalue weighted by Gasteiger charge is 2.10. The van der Waals surface area contributed by atoms with Crippen molar-refractivity contribution >= 4 is 5.91 Å². The number of aromatic nitrogens is 1. The molecule has 0 fully saturated rings. The molecule has 82 valence electrons. The molecule has 0 atom stereocenters. The molecule has 0 saturated heterocycles. The molecule has 5 nitrogen and oxygen atoms in total. The van der Waals surface area contributed by atoms with Crippen LogP contribution in [0, 0.1) is 0 Å². The molecule has 0 aromatic carbocycles. The minimum absolute atomic E-state index is 0.111. The number of nitrogens with one attached hydrogen (secondary N) is 1. The summed E-state index contributed by atoms with van der Waals surface area (Å²) in [5, 5.41) is 0. The lowest BCUT2D eigenvalue weighted by Gasteiger charge is -2.16. The Morgan fingerprint density at radius 1 is 1.53 bits per heavy atom. The molecule has 1 amide bonds. The van der Waals surface area contributed by atoms with Crippen molar-refractivity contribution in [3.8, 4) is 0 Å². The molecular formula is C10H15N3O2. The lowest BCUT2D eigenvalue weighted by molar-refractivity contribution is 0.0794. The first-order chi connectivity index (χ1) is 7.15. The second-order valence-corrected chi connectivity index (χ2v) is 3.31. The number of rotatable bonds is 4. The van der Waals surface area contributed by atoms with Gasteiger partial charge in [0.05, 0.1) is 5.56 Å². The molecule has 0 unspecified atom stereocenters. The molecule has 0 bridgehead atoms. The lowest BCUT2D eigenvalue weighted by atomic mass is 10.2. The van der Waals surface area contributed by atoms with Crippen molar-refractivity contribution < 1.29 is 4.79 Å². The third kappa shape index (κ3) is 3.21. The third-order valence-corrected chi connectivity index (χ3v) is 2.08. The number of carbonyl (C=O) groups is 1. The summed E-state index contributed by atoms with van der Waals surface area (Å²) in [5.74, 6) is -0.111. The van der Waals surface area contributed by atoms with Gasteiger partial charge in [-0.1, -0.05) is 0 Å². The summed E-state index contributed by atoms with van der Waals surface area (Å²) in [7, 11) is 1.71. The van der Waals surface area contributed by atoms with Gasteiger partial charge < -0.3 is 15.6 Å². The molecule has 5 heteroatoms. The molecule has 0 aliphatic rings. The third-order valence-electron chi connectivity index (χ3n) is 2.08. The van der Waals surface area contributed by atoms with E-state index in [1.54, 1.807) is 11.9 Å². The van der Waals surface area contributed by atoms with Crippen molar-refractivity contribution in [2.45, 2.75) is 6.42 Å². The van der Waals surface area contributed by atoms with Crippen LogP contribution in [0.3, 0.4) is 0 Å². The second kappa shape index (κ2) is 5.31. The fourth-order valence-corrected chi connectivity index (χ4v) is 1.19. The highest BCUT2D eigenvalue weighted by atomic mass is 16.2. The number of hydrogen-bond donors (Lipinski definition) is 2. The molecule has 1 heterocycles. The first kappa shape index (κ1) is 11.5. The zero-order chi connectivity index (χ0) is 11.3. The van der Waals surface area contributed by atoms with E-state index in [1.807, 2.05) is 0 Å². The van der Waals surface area contributed by atoms with Crippen LogP contribution in [0.25, 0.3) is 0 Å². The van der Waals surface area contributed by atoms with E-state index in [2.05, 4.69) is 4.98 Å². The molecule has 15 heavy (non-hydrogen) atoms. The van der Waals surface area contributed by atoms with Gasteiger partial charge in [-0.05, 0) is 19.0 Å². The maximum Gasteiger partial charge on any atom is 0.255 e. The van der Waals surface area contributed by atoms with Crippen LogP contribution in [0.15, 0.2) is 23.1 Å². The predicted molar refractivity (Wildman–Crippen MR) is 57.7 cm³/mol. The van der Waals surface area contributed by atoms with Crippen LogP contribution >= 0.6 is 0 Å². The molecule has 1 rings (SSSR count). The Balaban J connectivity index is 2.67. The van der Waals surface area contributed by atoms with Gasteiger partial charge in [-0.25, -0.2) is 0 Å². The Morgan fingerprint density at radius 3 is 2.80 bits per heavy atom. The van der Waals surface area contributed by atoms with E-state index in [0.29, 0.717) is 18.7 Å². The summed E-state index contributed by atoms with van der Waals surface area (Å²) in [6.07, 6.45) is 2.19. The Bertz CT molecular complexity index is 366. The molecule has 0 radical (unpaired) electrons.